The van der Waals surface area contributed by atoms with Crippen LogP contribution in [0.15, 0.2) is 0 Å². The highest BCUT2D eigenvalue weighted by atomic mass is 17.3. The number of rotatable bonds is 2. The van der Waals surface area contributed by atoms with E-state index in [0.717, 1.165) is 64.2 Å². The Bertz CT molecular complexity index is 355. The van der Waals surface area contributed by atoms with E-state index >= 15 is 0 Å². The Hall–Kier alpha value is -1.46. The second-order valence-corrected chi connectivity index (χ2v) is 6.89. The lowest BCUT2D eigenvalue weighted by molar-refractivity contribution is -0.237. The largest absolute Gasteiger partial charge is 0.550 e. The van der Waals surface area contributed by atoms with Crippen molar-refractivity contribution in [2.75, 3.05) is 0 Å². The minimum absolute atomic E-state index is 0.530. The molecule has 0 aromatic rings. The molecule has 126 valence electrons. The van der Waals surface area contributed by atoms with Crippen molar-refractivity contribution in [2.45, 2.75) is 89.3 Å². The highest BCUT2D eigenvalue weighted by molar-refractivity contribution is 5.64. The van der Waals surface area contributed by atoms with Crippen molar-refractivity contribution < 1.29 is 28.8 Å². The summed E-state index contributed by atoms with van der Waals surface area (Å²) >= 11 is 0. The Labute approximate surface area is 131 Å². The van der Waals surface area contributed by atoms with Gasteiger partial charge in [0.05, 0.1) is 0 Å². The highest BCUT2D eigenvalue weighted by Gasteiger charge is 2.34. The first-order chi connectivity index (χ1) is 10.4. The van der Waals surface area contributed by atoms with Gasteiger partial charge in [-0.05, 0) is 65.2 Å². The molecular formula is C16H26O6. The second kappa shape index (κ2) is 7.20. The molecule has 0 spiro atoms. The van der Waals surface area contributed by atoms with E-state index in [2.05, 4.69) is 9.78 Å². The van der Waals surface area contributed by atoms with Crippen molar-refractivity contribution in [1.82, 2.24) is 0 Å². The molecule has 2 fully saturated rings. The summed E-state index contributed by atoms with van der Waals surface area (Å²) in [6, 6.07) is 0. The van der Waals surface area contributed by atoms with Crippen molar-refractivity contribution in [3.05, 3.63) is 0 Å². The SMILES string of the molecule is CC1(OC(=O)OOC(=O)OC2(C)CCCCC2)CCCCC1. The molecule has 6 nitrogen and oxygen atoms in total. The van der Waals surface area contributed by atoms with E-state index in [-0.39, 0.29) is 0 Å². The Kier molecular flexibility index (Phi) is 5.53. The second-order valence-electron chi connectivity index (χ2n) is 6.89. The van der Waals surface area contributed by atoms with Crippen LogP contribution < -0.4 is 0 Å². The number of hydrogen-bond donors (Lipinski definition) is 0. The number of hydrogen-bond acceptors (Lipinski definition) is 6. The maximum Gasteiger partial charge on any atom is 0.550 e. The van der Waals surface area contributed by atoms with Gasteiger partial charge < -0.3 is 9.47 Å². The molecule has 2 rings (SSSR count). The van der Waals surface area contributed by atoms with E-state index in [1.165, 1.54) is 0 Å². The van der Waals surface area contributed by atoms with Crippen molar-refractivity contribution in [3.63, 3.8) is 0 Å². The van der Waals surface area contributed by atoms with Gasteiger partial charge in [0.15, 0.2) is 0 Å². The number of carbonyl (C=O) groups excluding carboxylic acids is 2. The summed E-state index contributed by atoms with van der Waals surface area (Å²) in [4.78, 5) is 32.1. The third-order valence-electron chi connectivity index (χ3n) is 4.66. The van der Waals surface area contributed by atoms with Crippen LogP contribution >= 0.6 is 0 Å². The van der Waals surface area contributed by atoms with E-state index in [0.29, 0.717) is 0 Å². The zero-order valence-electron chi connectivity index (χ0n) is 13.5. The van der Waals surface area contributed by atoms with Crippen LogP contribution in [0.1, 0.15) is 78.1 Å². The van der Waals surface area contributed by atoms with Crippen LogP contribution in [0.5, 0.6) is 0 Å². The molecule has 0 unspecified atom stereocenters. The first-order valence-corrected chi connectivity index (χ1v) is 8.21. The Morgan fingerprint density at radius 1 is 0.636 bits per heavy atom. The molecule has 0 bridgehead atoms. The summed E-state index contributed by atoms with van der Waals surface area (Å²) < 4.78 is 10.5. The summed E-state index contributed by atoms with van der Waals surface area (Å²) in [5.74, 6) is 0. The predicted molar refractivity (Wildman–Crippen MR) is 78.1 cm³/mol. The standard InChI is InChI=1S/C16H26O6/c1-15(9-5-3-6-10-15)19-13(17)21-22-14(18)20-16(2)11-7-4-8-12-16/h3-12H2,1-2H3. The molecule has 0 saturated heterocycles. The average molecular weight is 314 g/mol. The fraction of sp³-hybridized carbons (Fsp3) is 0.875. The molecule has 0 radical (unpaired) electrons. The van der Waals surface area contributed by atoms with E-state index < -0.39 is 23.5 Å². The quantitative estimate of drug-likeness (QED) is 0.419. The summed E-state index contributed by atoms with van der Waals surface area (Å²) in [6.07, 6.45) is 7.58. The van der Waals surface area contributed by atoms with Crippen LogP contribution in [0.2, 0.25) is 0 Å². The third kappa shape index (κ3) is 5.07. The van der Waals surface area contributed by atoms with Gasteiger partial charge in [-0.1, -0.05) is 12.8 Å². The molecule has 0 aromatic heterocycles. The predicted octanol–water partition coefficient (Wildman–Crippen LogP) is 4.65. The van der Waals surface area contributed by atoms with Crippen molar-refractivity contribution in [2.24, 2.45) is 0 Å². The molecule has 2 saturated carbocycles. The van der Waals surface area contributed by atoms with Gasteiger partial charge in [0.25, 0.3) is 0 Å². The van der Waals surface area contributed by atoms with Gasteiger partial charge in [-0.3, -0.25) is 0 Å². The van der Waals surface area contributed by atoms with Gasteiger partial charge in [-0.15, -0.1) is 0 Å². The van der Waals surface area contributed by atoms with Crippen molar-refractivity contribution in [3.8, 4) is 0 Å². The summed E-state index contributed by atoms with van der Waals surface area (Å²) in [5, 5.41) is 0. The maximum atomic E-state index is 11.6. The summed E-state index contributed by atoms with van der Waals surface area (Å²) in [6.45, 7) is 3.74. The minimum atomic E-state index is -0.991. The van der Waals surface area contributed by atoms with Gasteiger partial charge in [-0.25, -0.2) is 0 Å². The molecule has 2 aliphatic rings. The lowest BCUT2D eigenvalue weighted by Gasteiger charge is -2.32. The molecule has 6 heteroatoms. The van der Waals surface area contributed by atoms with E-state index in [1.54, 1.807) is 0 Å². The molecule has 22 heavy (non-hydrogen) atoms. The third-order valence-corrected chi connectivity index (χ3v) is 4.66. The number of ether oxygens (including phenoxy) is 2. The van der Waals surface area contributed by atoms with Crippen LogP contribution in [0.4, 0.5) is 9.59 Å². The lowest BCUT2D eigenvalue weighted by Crippen LogP contribution is -2.36. The van der Waals surface area contributed by atoms with E-state index in [1.807, 2.05) is 13.8 Å². The van der Waals surface area contributed by atoms with Crippen molar-refractivity contribution >= 4 is 12.3 Å². The summed E-state index contributed by atoms with van der Waals surface area (Å²) in [5.41, 5.74) is -1.06. The Morgan fingerprint density at radius 3 is 1.27 bits per heavy atom. The van der Waals surface area contributed by atoms with E-state index in [4.69, 9.17) is 9.47 Å². The van der Waals surface area contributed by atoms with Crippen LogP contribution in [0.3, 0.4) is 0 Å². The topological polar surface area (TPSA) is 71.1 Å². The molecule has 0 N–H and O–H groups in total. The van der Waals surface area contributed by atoms with Gasteiger partial charge in [0.2, 0.25) is 0 Å². The fourth-order valence-electron chi connectivity index (χ4n) is 3.31. The van der Waals surface area contributed by atoms with Gasteiger partial charge in [0.1, 0.15) is 11.2 Å². The zero-order valence-corrected chi connectivity index (χ0v) is 13.5. The molecule has 2 aliphatic carbocycles. The normalized spacial score (nSPS) is 23.2. The molecule has 0 amide bonds. The van der Waals surface area contributed by atoms with Gasteiger partial charge in [-0.2, -0.15) is 19.4 Å². The monoisotopic (exact) mass is 314 g/mol. The lowest BCUT2D eigenvalue weighted by atomic mass is 9.86. The Balaban J connectivity index is 1.70. The molecule has 0 atom stereocenters. The first kappa shape index (κ1) is 16.9. The highest BCUT2D eigenvalue weighted by Crippen LogP contribution is 2.32. The van der Waals surface area contributed by atoms with Crippen LogP contribution in [-0.4, -0.2) is 23.5 Å². The van der Waals surface area contributed by atoms with E-state index in [9.17, 15) is 9.59 Å². The van der Waals surface area contributed by atoms with Crippen LogP contribution in [-0.2, 0) is 19.2 Å². The molecule has 0 aliphatic heterocycles. The average Bonchev–Trinajstić information content (AvgIpc) is 2.46. The van der Waals surface area contributed by atoms with Crippen molar-refractivity contribution in [1.29, 1.82) is 0 Å². The minimum Gasteiger partial charge on any atom is -0.425 e. The van der Waals surface area contributed by atoms with Crippen LogP contribution in [0, 0.1) is 0 Å². The smallest absolute Gasteiger partial charge is 0.425 e. The Morgan fingerprint density at radius 2 is 0.955 bits per heavy atom. The van der Waals surface area contributed by atoms with Gasteiger partial charge in [0, 0.05) is 0 Å². The van der Waals surface area contributed by atoms with Crippen LogP contribution in [0.25, 0.3) is 0 Å². The van der Waals surface area contributed by atoms with Gasteiger partial charge >= 0.3 is 12.3 Å². The maximum absolute atomic E-state index is 11.6. The zero-order chi connectivity index (χ0) is 16.1. The first-order valence-electron chi connectivity index (χ1n) is 8.21. The fourth-order valence-corrected chi connectivity index (χ4v) is 3.31. The molecule has 0 heterocycles. The molecule has 0 aromatic carbocycles. The number of carbonyl (C=O) groups is 2. The summed E-state index contributed by atoms with van der Waals surface area (Å²) in [7, 11) is 0. The molecular weight excluding hydrogens is 288 g/mol.